The lowest BCUT2D eigenvalue weighted by Gasteiger charge is -2.24. The molecule has 3 aromatic rings. The number of hydrogen-bond acceptors (Lipinski definition) is 5. The summed E-state index contributed by atoms with van der Waals surface area (Å²) in [5, 5.41) is 4.16. The molecule has 5 nitrogen and oxygen atoms in total. The Hall–Kier alpha value is -3.08. The van der Waals surface area contributed by atoms with E-state index in [0.717, 1.165) is 36.3 Å². The van der Waals surface area contributed by atoms with E-state index in [1.54, 1.807) is 20.8 Å². The summed E-state index contributed by atoms with van der Waals surface area (Å²) in [4.78, 5) is 11.9. The van der Waals surface area contributed by atoms with E-state index in [-0.39, 0.29) is 5.97 Å². The zero-order chi connectivity index (χ0) is 20.7. The van der Waals surface area contributed by atoms with E-state index < -0.39 is 5.60 Å². The maximum absolute atomic E-state index is 11.9. The van der Waals surface area contributed by atoms with Gasteiger partial charge in [0.05, 0.1) is 6.61 Å². The molecular formula is C24H27NO4. The number of rotatable bonds is 9. The molecule has 0 saturated heterocycles. The van der Waals surface area contributed by atoms with Crippen LogP contribution in [0.4, 0.5) is 0 Å². The summed E-state index contributed by atoms with van der Waals surface area (Å²) >= 11 is 0. The van der Waals surface area contributed by atoms with Gasteiger partial charge in [-0.2, -0.15) is 0 Å². The molecule has 0 unspecified atom stereocenters. The average molecular weight is 393 g/mol. The standard InChI is InChI=1S/C24H27NO4/c1-4-27-23(26)24(2,3)28-20-15-13-18(14-16-20)9-8-12-21-17-22(25-29-21)19-10-6-5-7-11-19/h5-7,10-11,13-17H,4,8-9,12H2,1-3H3. The molecular weight excluding hydrogens is 366 g/mol. The van der Waals surface area contributed by atoms with Crippen LogP contribution in [0.5, 0.6) is 5.75 Å². The Labute approximate surface area is 171 Å². The third kappa shape index (κ3) is 5.70. The SMILES string of the molecule is CCOC(=O)C(C)(C)Oc1ccc(CCCc2cc(-c3ccccc3)no2)cc1. The molecule has 0 bridgehead atoms. The molecule has 0 atom stereocenters. The normalized spacial score (nSPS) is 11.3. The first-order valence-electron chi connectivity index (χ1n) is 9.94. The number of nitrogens with zero attached hydrogens (tertiary/aromatic N) is 1. The third-order valence-electron chi connectivity index (χ3n) is 4.58. The number of aryl methyl sites for hydroxylation is 2. The molecule has 1 heterocycles. The van der Waals surface area contributed by atoms with E-state index in [9.17, 15) is 4.79 Å². The van der Waals surface area contributed by atoms with Crippen LogP contribution in [-0.2, 0) is 22.4 Å². The van der Waals surface area contributed by atoms with Crippen LogP contribution < -0.4 is 4.74 Å². The Kier molecular flexibility index (Phi) is 6.70. The molecule has 0 amide bonds. The van der Waals surface area contributed by atoms with Gasteiger partial charge in [0.2, 0.25) is 0 Å². The predicted octanol–water partition coefficient (Wildman–Crippen LogP) is 5.24. The van der Waals surface area contributed by atoms with Gasteiger partial charge in [-0.25, -0.2) is 4.79 Å². The highest BCUT2D eigenvalue weighted by Gasteiger charge is 2.31. The van der Waals surface area contributed by atoms with Gasteiger partial charge < -0.3 is 14.0 Å². The number of ether oxygens (including phenoxy) is 2. The minimum Gasteiger partial charge on any atom is -0.476 e. The monoisotopic (exact) mass is 393 g/mol. The van der Waals surface area contributed by atoms with Crippen LogP contribution >= 0.6 is 0 Å². The van der Waals surface area contributed by atoms with E-state index in [1.165, 1.54) is 5.56 Å². The number of benzene rings is 2. The highest BCUT2D eigenvalue weighted by molar-refractivity contribution is 5.79. The number of hydrogen-bond donors (Lipinski definition) is 0. The fourth-order valence-corrected chi connectivity index (χ4v) is 3.01. The van der Waals surface area contributed by atoms with E-state index in [1.807, 2.05) is 60.7 Å². The number of carbonyl (C=O) groups excluding carboxylic acids is 1. The lowest BCUT2D eigenvalue weighted by molar-refractivity contribution is -0.158. The van der Waals surface area contributed by atoms with Gasteiger partial charge in [-0.05, 0) is 51.3 Å². The van der Waals surface area contributed by atoms with Crippen molar-refractivity contribution in [3.8, 4) is 17.0 Å². The first kappa shape index (κ1) is 20.6. The second-order valence-electron chi connectivity index (χ2n) is 7.37. The summed E-state index contributed by atoms with van der Waals surface area (Å²) < 4.78 is 16.3. The van der Waals surface area contributed by atoms with Crippen LogP contribution in [0.2, 0.25) is 0 Å². The fraction of sp³-hybridized carbons (Fsp3) is 0.333. The number of carbonyl (C=O) groups is 1. The lowest BCUT2D eigenvalue weighted by Crippen LogP contribution is -2.39. The van der Waals surface area contributed by atoms with E-state index >= 15 is 0 Å². The summed E-state index contributed by atoms with van der Waals surface area (Å²) in [7, 11) is 0. The first-order chi connectivity index (χ1) is 14.0. The van der Waals surface area contributed by atoms with Crippen LogP contribution in [0.25, 0.3) is 11.3 Å². The van der Waals surface area contributed by atoms with Gasteiger partial charge in [0.15, 0.2) is 5.60 Å². The van der Waals surface area contributed by atoms with Crippen molar-refractivity contribution in [1.82, 2.24) is 5.16 Å². The molecule has 5 heteroatoms. The van der Waals surface area contributed by atoms with Crippen molar-refractivity contribution in [2.45, 2.75) is 45.6 Å². The molecule has 0 aliphatic carbocycles. The maximum atomic E-state index is 11.9. The summed E-state index contributed by atoms with van der Waals surface area (Å²) in [5.41, 5.74) is 2.12. The summed E-state index contributed by atoms with van der Waals surface area (Å²) in [6.45, 7) is 5.53. The van der Waals surface area contributed by atoms with E-state index in [4.69, 9.17) is 14.0 Å². The number of esters is 1. The van der Waals surface area contributed by atoms with Crippen molar-refractivity contribution in [1.29, 1.82) is 0 Å². The topological polar surface area (TPSA) is 61.6 Å². The molecule has 0 spiro atoms. The Morgan fingerprint density at radius 2 is 1.76 bits per heavy atom. The van der Waals surface area contributed by atoms with Crippen LogP contribution in [0.3, 0.4) is 0 Å². The highest BCUT2D eigenvalue weighted by Crippen LogP contribution is 2.22. The van der Waals surface area contributed by atoms with Crippen molar-refractivity contribution < 1.29 is 18.8 Å². The molecule has 0 radical (unpaired) electrons. The fourth-order valence-electron chi connectivity index (χ4n) is 3.01. The van der Waals surface area contributed by atoms with Gasteiger partial charge in [0.1, 0.15) is 17.2 Å². The summed E-state index contributed by atoms with van der Waals surface area (Å²) in [5.74, 6) is 1.17. The zero-order valence-electron chi connectivity index (χ0n) is 17.2. The quantitative estimate of drug-likeness (QED) is 0.465. The molecule has 3 rings (SSSR count). The molecule has 0 N–H and O–H groups in total. The Balaban J connectivity index is 1.49. The Morgan fingerprint density at radius 3 is 2.45 bits per heavy atom. The van der Waals surface area contributed by atoms with Crippen molar-refractivity contribution in [2.24, 2.45) is 0 Å². The smallest absolute Gasteiger partial charge is 0.349 e. The van der Waals surface area contributed by atoms with Crippen molar-refractivity contribution in [3.05, 3.63) is 72.0 Å². The van der Waals surface area contributed by atoms with Gasteiger partial charge in [-0.3, -0.25) is 0 Å². The molecule has 0 aliphatic heterocycles. The van der Waals surface area contributed by atoms with Gasteiger partial charge >= 0.3 is 5.97 Å². The van der Waals surface area contributed by atoms with Crippen molar-refractivity contribution in [3.63, 3.8) is 0 Å². The van der Waals surface area contributed by atoms with Crippen LogP contribution in [-0.4, -0.2) is 23.3 Å². The number of aromatic nitrogens is 1. The zero-order valence-corrected chi connectivity index (χ0v) is 17.2. The van der Waals surface area contributed by atoms with Crippen LogP contribution in [0.15, 0.2) is 65.2 Å². The molecule has 29 heavy (non-hydrogen) atoms. The van der Waals surface area contributed by atoms with Gasteiger partial charge in [0, 0.05) is 18.1 Å². The second kappa shape index (κ2) is 9.41. The third-order valence-corrected chi connectivity index (χ3v) is 4.58. The first-order valence-corrected chi connectivity index (χ1v) is 9.94. The molecule has 0 fully saturated rings. The van der Waals surface area contributed by atoms with E-state index in [0.29, 0.717) is 12.4 Å². The van der Waals surface area contributed by atoms with Gasteiger partial charge in [-0.1, -0.05) is 47.6 Å². The molecule has 0 aliphatic rings. The molecule has 2 aromatic carbocycles. The minimum absolute atomic E-state index is 0.336. The summed E-state index contributed by atoms with van der Waals surface area (Å²) in [6.07, 6.45) is 2.70. The predicted molar refractivity (Wildman–Crippen MR) is 112 cm³/mol. The lowest BCUT2D eigenvalue weighted by atomic mass is 10.1. The van der Waals surface area contributed by atoms with Crippen molar-refractivity contribution in [2.75, 3.05) is 6.61 Å². The molecule has 1 aromatic heterocycles. The molecule has 152 valence electrons. The van der Waals surface area contributed by atoms with Crippen LogP contribution in [0.1, 0.15) is 38.5 Å². The van der Waals surface area contributed by atoms with Gasteiger partial charge in [-0.15, -0.1) is 0 Å². The Bertz CT molecular complexity index is 914. The van der Waals surface area contributed by atoms with Crippen molar-refractivity contribution >= 4 is 5.97 Å². The van der Waals surface area contributed by atoms with Gasteiger partial charge in [0.25, 0.3) is 0 Å². The average Bonchev–Trinajstić information content (AvgIpc) is 3.19. The largest absolute Gasteiger partial charge is 0.476 e. The summed E-state index contributed by atoms with van der Waals surface area (Å²) in [6, 6.07) is 19.8. The second-order valence-corrected chi connectivity index (χ2v) is 7.37. The Morgan fingerprint density at radius 1 is 1.03 bits per heavy atom. The molecule has 0 saturated carbocycles. The van der Waals surface area contributed by atoms with Crippen LogP contribution in [0, 0.1) is 0 Å². The highest BCUT2D eigenvalue weighted by atomic mass is 16.6. The maximum Gasteiger partial charge on any atom is 0.349 e. The minimum atomic E-state index is -1.01. The van der Waals surface area contributed by atoms with E-state index in [2.05, 4.69) is 5.16 Å².